The average molecular weight is 463 g/mol. The second kappa shape index (κ2) is 9.17. The maximum Gasteiger partial charge on any atom is 0.303 e. The molecule has 0 spiro atoms. The Hall–Kier alpha value is -1.75. The van der Waals surface area contributed by atoms with Gasteiger partial charge < -0.3 is 5.11 Å². The van der Waals surface area contributed by atoms with Crippen LogP contribution in [0.4, 0.5) is 4.39 Å². The highest BCUT2D eigenvalue weighted by Crippen LogP contribution is 2.48. The monoisotopic (exact) mass is 462 g/mol. The summed E-state index contributed by atoms with van der Waals surface area (Å²) in [6.07, 6.45) is 1.88. The highest BCUT2D eigenvalue weighted by atomic mass is 35.5. The van der Waals surface area contributed by atoms with Gasteiger partial charge in [0.05, 0.1) is 0 Å². The third-order valence-electron chi connectivity index (χ3n) is 5.71. The van der Waals surface area contributed by atoms with Crippen molar-refractivity contribution in [3.8, 4) is 0 Å². The van der Waals surface area contributed by atoms with E-state index in [2.05, 4.69) is 6.07 Å². The van der Waals surface area contributed by atoms with Crippen LogP contribution < -0.4 is 0 Å². The number of rotatable bonds is 6. The molecule has 1 aliphatic rings. The highest BCUT2D eigenvalue weighted by molar-refractivity contribution is 8.00. The SMILES string of the molecule is O=C(O)CCc1ccc([C@H]2CCC(Cl)C2Sc2ccc(Cl)c3ccccc23)cc1F. The normalized spacial score (nSPS) is 21.2. The van der Waals surface area contributed by atoms with Crippen molar-refractivity contribution in [2.24, 2.45) is 0 Å². The van der Waals surface area contributed by atoms with E-state index in [0.29, 0.717) is 5.56 Å². The quantitative estimate of drug-likeness (QED) is 0.390. The number of halogens is 3. The molecule has 6 heteroatoms. The lowest BCUT2D eigenvalue weighted by Gasteiger charge is -2.23. The minimum atomic E-state index is -0.925. The summed E-state index contributed by atoms with van der Waals surface area (Å²) in [5.41, 5.74) is 1.36. The van der Waals surface area contributed by atoms with Crippen molar-refractivity contribution in [2.75, 3.05) is 0 Å². The number of benzene rings is 3. The first-order chi connectivity index (χ1) is 14.4. The number of carboxylic acid groups (broad SMARTS) is 1. The van der Waals surface area contributed by atoms with E-state index in [1.165, 1.54) is 0 Å². The van der Waals surface area contributed by atoms with Crippen LogP contribution in [0, 0.1) is 5.82 Å². The average Bonchev–Trinajstić information content (AvgIpc) is 3.09. The zero-order valence-electron chi connectivity index (χ0n) is 16.2. The number of alkyl halides is 1. The van der Waals surface area contributed by atoms with E-state index in [0.717, 1.165) is 39.1 Å². The second-order valence-corrected chi connectivity index (χ2v) is 9.81. The number of hydrogen-bond donors (Lipinski definition) is 1. The molecule has 1 saturated carbocycles. The van der Waals surface area contributed by atoms with Crippen molar-refractivity contribution in [1.29, 1.82) is 0 Å². The Balaban J connectivity index is 1.61. The predicted molar refractivity (Wildman–Crippen MR) is 123 cm³/mol. The molecule has 0 aromatic heterocycles. The Morgan fingerprint density at radius 2 is 1.87 bits per heavy atom. The summed E-state index contributed by atoms with van der Waals surface area (Å²) in [5, 5.41) is 11.8. The van der Waals surface area contributed by atoms with E-state index < -0.39 is 5.97 Å². The third-order valence-corrected chi connectivity index (χ3v) is 8.22. The lowest BCUT2D eigenvalue weighted by Crippen LogP contribution is -2.17. The van der Waals surface area contributed by atoms with Crippen LogP contribution in [-0.4, -0.2) is 21.7 Å². The first-order valence-corrected chi connectivity index (χ1v) is 11.6. The smallest absolute Gasteiger partial charge is 0.303 e. The van der Waals surface area contributed by atoms with Gasteiger partial charge in [-0.15, -0.1) is 23.4 Å². The van der Waals surface area contributed by atoms with Crippen LogP contribution in [0.25, 0.3) is 10.8 Å². The summed E-state index contributed by atoms with van der Waals surface area (Å²) in [6, 6.07) is 17.2. The Morgan fingerprint density at radius 1 is 1.10 bits per heavy atom. The zero-order valence-corrected chi connectivity index (χ0v) is 18.5. The molecule has 0 saturated heterocycles. The van der Waals surface area contributed by atoms with Crippen LogP contribution in [0.3, 0.4) is 0 Å². The molecule has 30 heavy (non-hydrogen) atoms. The fraction of sp³-hybridized carbons (Fsp3) is 0.292. The second-order valence-electron chi connectivity index (χ2n) is 7.62. The molecule has 0 bridgehead atoms. The number of thioether (sulfide) groups is 1. The lowest BCUT2D eigenvalue weighted by atomic mass is 9.95. The van der Waals surface area contributed by atoms with Crippen LogP contribution >= 0.6 is 35.0 Å². The number of carbonyl (C=O) groups is 1. The maximum absolute atomic E-state index is 14.6. The van der Waals surface area contributed by atoms with Gasteiger partial charge in [-0.25, -0.2) is 4.39 Å². The zero-order chi connectivity index (χ0) is 21.3. The largest absolute Gasteiger partial charge is 0.481 e. The summed E-state index contributed by atoms with van der Waals surface area (Å²) >= 11 is 14.8. The molecule has 3 aromatic rings. The molecule has 0 heterocycles. The van der Waals surface area contributed by atoms with Gasteiger partial charge in [0.25, 0.3) is 0 Å². The van der Waals surface area contributed by atoms with Crippen molar-refractivity contribution in [3.05, 3.63) is 76.6 Å². The van der Waals surface area contributed by atoms with Gasteiger partial charge in [0.2, 0.25) is 0 Å². The van der Waals surface area contributed by atoms with Crippen LogP contribution in [0.5, 0.6) is 0 Å². The van der Waals surface area contributed by atoms with Crippen molar-refractivity contribution in [2.45, 2.75) is 47.1 Å². The van der Waals surface area contributed by atoms with Gasteiger partial charge >= 0.3 is 5.97 Å². The Labute approximate surface area is 189 Å². The van der Waals surface area contributed by atoms with E-state index in [4.69, 9.17) is 28.3 Å². The molecule has 0 aliphatic heterocycles. The molecule has 1 fully saturated rings. The number of aryl methyl sites for hydroxylation is 1. The number of fused-ring (bicyclic) bond motifs is 1. The van der Waals surface area contributed by atoms with Gasteiger partial charge in [0.1, 0.15) is 5.82 Å². The Kier molecular flexibility index (Phi) is 6.57. The summed E-state index contributed by atoms with van der Waals surface area (Å²) in [4.78, 5) is 11.9. The minimum Gasteiger partial charge on any atom is -0.481 e. The first kappa shape index (κ1) is 21.5. The summed E-state index contributed by atoms with van der Waals surface area (Å²) in [5.74, 6) is -1.13. The molecular formula is C24H21Cl2FO2S. The lowest BCUT2D eigenvalue weighted by molar-refractivity contribution is -0.136. The number of hydrogen-bond acceptors (Lipinski definition) is 2. The molecule has 1 aliphatic carbocycles. The Morgan fingerprint density at radius 3 is 2.60 bits per heavy atom. The fourth-order valence-electron chi connectivity index (χ4n) is 4.15. The molecule has 1 N–H and O–H groups in total. The molecule has 2 nitrogen and oxygen atoms in total. The van der Waals surface area contributed by atoms with Crippen LogP contribution in [0.2, 0.25) is 5.02 Å². The van der Waals surface area contributed by atoms with Gasteiger partial charge in [-0.3, -0.25) is 4.79 Å². The first-order valence-electron chi connectivity index (χ1n) is 9.92. The van der Waals surface area contributed by atoms with E-state index in [1.54, 1.807) is 23.9 Å². The number of aliphatic carboxylic acids is 1. The maximum atomic E-state index is 14.6. The van der Waals surface area contributed by atoms with E-state index in [-0.39, 0.29) is 35.2 Å². The summed E-state index contributed by atoms with van der Waals surface area (Å²) in [6.45, 7) is 0. The molecule has 3 aromatic carbocycles. The van der Waals surface area contributed by atoms with E-state index >= 15 is 0 Å². The highest BCUT2D eigenvalue weighted by Gasteiger charge is 2.37. The third kappa shape index (κ3) is 4.46. The number of carboxylic acids is 1. The molecular weight excluding hydrogens is 442 g/mol. The van der Waals surface area contributed by atoms with Crippen LogP contribution in [0.15, 0.2) is 59.5 Å². The van der Waals surface area contributed by atoms with Crippen molar-refractivity contribution < 1.29 is 14.3 Å². The molecule has 0 amide bonds. The standard InChI is InChI=1S/C24H21Cl2FO2S/c25-19-10-11-22(18-4-2-1-3-17(18)19)30-24-16(8-9-20(24)26)15-6-5-14(21(27)13-15)7-12-23(28)29/h1-6,10-11,13,16,20,24H,7-9,12H2,(H,28,29)/t16-,20?,24?/m1/s1. The van der Waals surface area contributed by atoms with Gasteiger partial charge in [0.15, 0.2) is 0 Å². The minimum absolute atomic E-state index is 0.0100. The van der Waals surface area contributed by atoms with E-state index in [9.17, 15) is 9.18 Å². The topological polar surface area (TPSA) is 37.3 Å². The fourth-order valence-corrected chi connectivity index (χ4v) is 6.32. The van der Waals surface area contributed by atoms with E-state index in [1.807, 2.05) is 36.4 Å². The van der Waals surface area contributed by atoms with Crippen molar-refractivity contribution >= 4 is 51.7 Å². The Bertz CT molecular complexity index is 1090. The molecule has 4 rings (SSSR count). The summed E-state index contributed by atoms with van der Waals surface area (Å²) in [7, 11) is 0. The molecule has 156 valence electrons. The van der Waals surface area contributed by atoms with Gasteiger partial charge in [-0.2, -0.15) is 0 Å². The summed E-state index contributed by atoms with van der Waals surface area (Å²) < 4.78 is 14.6. The molecule has 3 atom stereocenters. The van der Waals surface area contributed by atoms with Crippen LogP contribution in [0.1, 0.15) is 36.3 Å². The van der Waals surface area contributed by atoms with Gasteiger partial charge in [-0.05, 0) is 59.9 Å². The van der Waals surface area contributed by atoms with Crippen molar-refractivity contribution in [3.63, 3.8) is 0 Å². The van der Waals surface area contributed by atoms with Gasteiger partial charge in [-0.1, -0.05) is 48.0 Å². The van der Waals surface area contributed by atoms with Gasteiger partial charge in [0, 0.05) is 32.4 Å². The van der Waals surface area contributed by atoms with Crippen molar-refractivity contribution in [1.82, 2.24) is 0 Å². The predicted octanol–water partition coefficient (Wildman–Crippen LogP) is 7.30. The molecule has 2 unspecified atom stereocenters. The van der Waals surface area contributed by atoms with Crippen LogP contribution in [-0.2, 0) is 11.2 Å². The molecule has 0 radical (unpaired) electrons.